The van der Waals surface area contributed by atoms with Crippen molar-refractivity contribution in [3.05, 3.63) is 59.4 Å². The normalized spacial score (nSPS) is 13.2. The van der Waals surface area contributed by atoms with Crippen molar-refractivity contribution in [3.63, 3.8) is 0 Å². The molecule has 0 amide bonds. The van der Waals surface area contributed by atoms with E-state index >= 15 is 0 Å². The molecule has 32 heavy (non-hydrogen) atoms. The number of esters is 1. The van der Waals surface area contributed by atoms with E-state index in [0.717, 1.165) is 30.5 Å². The number of halogens is 3. The van der Waals surface area contributed by atoms with E-state index in [4.69, 9.17) is 4.55 Å². The molecule has 0 saturated carbocycles. The summed E-state index contributed by atoms with van der Waals surface area (Å²) in [6.07, 6.45) is 1.20. The molecule has 1 aromatic heterocycles. The third kappa shape index (κ3) is 6.30. The quantitative estimate of drug-likeness (QED) is 0.411. The summed E-state index contributed by atoms with van der Waals surface area (Å²) in [5.74, 6) is -1.17. The number of aromatic nitrogens is 1. The number of hydrogen-bond donors (Lipinski definition) is 1. The van der Waals surface area contributed by atoms with Gasteiger partial charge >= 0.3 is 21.3 Å². The van der Waals surface area contributed by atoms with Crippen LogP contribution in [0.15, 0.2) is 42.6 Å². The largest absolute Gasteiger partial charge is 0.459 e. The molecule has 0 aliphatic rings. The number of pyridine rings is 1. The minimum Gasteiger partial charge on any atom is -0.459 e. The zero-order valence-corrected chi connectivity index (χ0v) is 18.2. The molecular formula is C21H23F3N2O5S. The van der Waals surface area contributed by atoms with Gasteiger partial charge in [0, 0.05) is 25.0 Å². The maximum Gasteiger partial charge on any atom is 0.403 e. The Bertz CT molecular complexity index is 1040. The molecule has 174 valence electrons. The van der Waals surface area contributed by atoms with Gasteiger partial charge in [-0.15, -0.1) is 0 Å². The van der Waals surface area contributed by atoms with Gasteiger partial charge in [-0.2, -0.15) is 17.2 Å². The lowest BCUT2D eigenvalue weighted by molar-refractivity contribution is -0.0357. The number of carbonyl (C=O) groups is 1. The molecule has 1 N–H and O–H groups in total. The van der Waals surface area contributed by atoms with Crippen LogP contribution in [-0.4, -0.2) is 55.0 Å². The van der Waals surface area contributed by atoms with Crippen molar-refractivity contribution in [2.75, 3.05) is 24.6 Å². The van der Waals surface area contributed by atoms with Crippen LogP contribution in [0.25, 0.3) is 12.2 Å². The van der Waals surface area contributed by atoms with Gasteiger partial charge in [0.2, 0.25) is 6.17 Å². The molecule has 0 bridgehead atoms. The number of nitrogens with zero attached hydrogens (tertiary/aromatic N) is 2. The van der Waals surface area contributed by atoms with Crippen LogP contribution in [0.3, 0.4) is 0 Å². The Morgan fingerprint density at radius 1 is 1.16 bits per heavy atom. The van der Waals surface area contributed by atoms with Crippen LogP contribution in [0, 0.1) is 0 Å². The van der Waals surface area contributed by atoms with E-state index < -0.39 is 34.1 Å². The SMILES string of the molecule is CCN(CC)c1ccc(/C=C/c2ccc(C(=O)OCC(F)C(F)(F)S(=O)(=O)O)cn2)cc1. The van der Waals surface area contributed by atoms with Gasteiger partial charge in [-0.05, 0) is 49.8 Å². The van der Waals surface area contributed by atoms with Gasteiger partial charge in [-0.25, -0.2) is 9.18 Å². The van der Waals surface area contributed by atoms with Gasteiger partial charge < -0.3 is 9.64 Å². The molecule has 11 heteroatoms. The number of carbonyl (C=O) groups excluding carboxylic acids is 1. The second kappa shape index (κ2) is 10.6. The molecule has 1 aromatic carbocycles. The van der Waals surface area contributed by atoms with E-state index in [-0.39, 0.29) is 5.56 Å². The van der Waals surface area contributed by atoms with Crippen molar-refractivity contribution in [1.82, 2.24) is 4.98 Å². The molecule has 2 aromatic rings. The number of ether oxygens (including phenoxy) is 1. The van der Waals surface area contributed by atoms with E-state index in [1.807, 2.05) is 30.3 Å². The van der Waals surface area contributed by atoms with E-state index in [9.17, 15) is 26.4 Å². The summed E-state index contributed by atoms with van der Waals surface area (Å²) in [4.78, 5) is 18.1. The third-order valence-electron chi connectivity index (χ3n) is 4.56. The second-order valence-corrected chi connectivity index (χ2v) is 8.17. The number of benzene rings is 1. The van der Waals surface area contributed by atoms with Crippen molar-refractivity contribution >= 4 is 33.9 Å². The molecule has 2 rings (SSSR count). The van der Waals surface area contributed by atoms with Gasteiger partial charge in [-0.3, -0.25) is 9.54 Å². The van der Waals surface area contributed by atoms with Crippen LogP contribution < -0.4 is 4.90 Å². The molecule has 0 aliphatic carbocycles. The van der Waals surface area contributed by atoms with Crippen molar-refractivity contribution in [2.45, 2.75) is 25.3 Å². The Hall–Kier alpha value is -2.92. The molecule has 0 saturated heterocycles. The summed E-state index contributed by atoms with van der Waals surface area (Å²) >= 11 is 0. The average molecular weight is 472 g/mol. The van der Waals surface area contributed by atoms with Crippen molar-refractivity contribution < 1.29 is 35.7 Å². The lowest BCUT2D eigenvalue weighted by Gasteiger charge is -2.20. The fourth-order valence-corrected chi connectivity index (χ4v) is 3.07. The Balaban J connectivity index is 1.97. The molecule has 7 nitrogen and oxygen atoms in total. The summed E-state index contributed by atoms with van der Waals surface area (Å²) in [6.45, 7) is 4.40. The molecule has 1 heterocycles. The molecule has 0 radical (unpaired) electrons. The lowest BCUT2D eigenvalue weighted by Crippen LogP contribution is -2.41. The Morgan fingerprint density at radius 3 is 2.28 bits per heavy atom. The molecule has 1 unspecified atom stereocenters. The number of anilines is 1. The highest BCUT2D eigenvalue weighted by atomic mass is 32.2. The van der Waals surface area contributed by atoms with Gasteiger partial charge in [0.25, 0.3) is 0 Å². The zero-order chi connectivity index (χ0) is 23.9. The Kier molecular flexibility index (Phi) is 8.39. The van der Waals surface area contributed by atoms with Crippen LogP contribution in [0.2, 0.25) is 0 Å². The minimum absolute atomic E-state index is 0.145. The van der Waals surface area contributed by atoms with E-state index in [1.54, 1.807) is 6.08 Å². The standard InChI is InChI=1S/C21H23F3N2O5S/c1-3-26(4-2)18-11-6-15(7-12-18)5-9-17-10-8-16(13-25-17)20(27)31-14-19(22)21(23,24)32(28,29)30/h5-13,19H,3-4,14H2,1-2H3,(H,28,29,30)/b9-5+. The van der Waals surface area contributed by atoms with Crippen molar-refractivity contribution in [2.24, 2.45) is 0 Å². The van der Waals surface area contributed by atoms with E-state index in [0.29, 0.717) is 5.69 Å². The van der Waals surface area contributed by atoms with Gasteiger partial charge in [-0.1, -0.05) is 18.2 Å². The topological polar surface area (TPSA) is 96.8 Å². The van der Waals surface area contributed by atoms with Gasteiger partial charge in [0.15, 0.2) is 0 Å². The predicted octanol–water partition coefficient (Wildman–Crippen LogP) is 4.07. The fraction of sp³-hybridized carbons (Fsp3) is 0.333. The summed E-state index contributed by atoms with van der Waals surface area (Å²) in [7, 11) is -5.98. The summed E-state index contributed by atoms with van der Waals surface area (Å²) in [6, 6.07) is 10.7. The monoisotopic (exact) mass is 472 g/mol. The Labute approximate surface area is 184 Å². The van der Waals surface area contributed by atoms with Crippen LogP contribution in [0.5, 0.6) is 0 Å². The highest BCUT2D eigenvalue weighted by molar-refractivity contribution is 7.86. The van der Waals surface area contributed by atoms with Crippen molar-refractivity contribution in [1.29, 1.82) is 0 Å². The second-order valence-electron chi connectivity index (χ2n) is 6.67. The average Bonchev–Trinajstić information content (AvgIpc) is 2.77. The first kappa shape index (κ1) is 25.3. The van der Waals surface area contributed by atoms with Crippen LogP contribution >= 0.6 is 0 Å². The van der Waals surface area contributed by atoms with Crippen LogP contribution in [0.4, 0.5) is 18.9 Å². The Morgan fingerprint density at radius 2 is 1.78 bits per heavy atom. The molecular weight excluding hydrogens is 449 g/mol. The summed E-state index contributed by atoms with van der Waals surface area (Å²) in [5, 5.41) is -5.09. The first-order chi connectivity index (χ1) is 15.0. The number of rotatable bonds is 10. The first-order valence-electron chi connectivity index (χ1n) is 9.64. The predicted molar refractivity (Wildman–Crippen MR) is 115 cm³/mol. The molecule has 0 aliphatic heterocycles. The smallest absolute Gasteiger partial charge is 0.403 e. The summed E-state index contributed by atoms with van der Waals surface area (Å²) in [5.41, 5.74) is 2.39. The lowest BCUT2D eigenvalue weighted by atomic mass is 10.1. The van der Waals surface area contributed by atoms with Gasteiger partial charge in [0.1, 0.15) is 6.61 Å². The zero-order valence-electron chi connectivity index (χ0n) is 17.4. The summed E-state index contributed by atoms with van der Waals surface area (Å²) < 4.78 is 73.3. The van der Waals surface area contributed by atoms with Crippen molar-refractivity contribution in [3.8, 4) is 0 Å². The number of alkyl halides is 3. The maximum atomic E-state index is 13.4. The minimum atomic E-state index is -5.98. The molecule has 0 spiro atoms. The maximum absolute atomic E-state index is 13.4. The molecule has 0 fully saturated rings. The highest BCUT2D eigenvalue weighted by Gasteiger charge is 2.53. The van der Waals surface area contributed by atoms with Gasteiger partial charge in [0.05, 0.1) is 11.3 Å². The first-order valence-corrected chi connectivity index (χ1v) is 11.1. The van der Waals surface area contributed by atoms with E-state index in [2.05, 4.69) is 28.5 Å². The third-order valence-corrected chi connectivity index (χ3v) is 5.50. The number of hydrogen-bond acceptors (Lipinski definition) is 6. The van der Waals surface area contributed by atoms with Crippen LogP contribution in [0.1, 0.15) is 35.5 Å². The fourth-order valence-electron chi connectivity index (χ4n) is 2.68. The molecule has 1 atom stereocenters. The van der Waals surface area contributed by atoms with E-state index in [1.165, 1.54) is 12.1 Å². The highest BCUT2D eigenvalue weighted by Crippen LogP contribution is 2.27. The van der Waals surface area contributed by atoms with Crippen LogP contribution in [-0.2, 0) is 14.9 Å².